The van der Waals surface area contributed by atoms with Gasteiger partial charge in [-0.2, -0.15) is 0 Å². The number of hydrogen-bond acceptors (Lipinski definition) is 11. The van der Waals surface area contributed by atoms with Gasteiger partial charge in [-0.1, -0.05) is 30.3 Å². The number of benzene rings is 1. The van der Waals surface area contributed by atoms with Crippen molar-refractivity contribution in [1.29, 1.82) is 0 Å². The first-order chi connectivity index (χ1) is 19.0. The van der Waals surface area contributed by atoms with E-state index in [1.54, 1.807) is 45.0 Å². The predicted molar refractivity (Wildman–Crippen MR) is 146 cm³/mol. The lowest BCUT2D eigenvalue weighted by Gasteiger charge is -2.29. The maximum atomic E-state index is 13.6. The molecule has 2 atom stereocenters. The molecule has 228 valence electrons. The molecule has 14 heteroatoms. The zero-order valence-corrected chi connectivity index (χ0v) is 25.6. The van der Waals surface area contributed by atoms with Crippen molar-refractivity contribution in [2.75, 3.05) is 34.8 Å². The molecular weight excluding hydrogens is 559 g/mol. The molecule has 0 radical (unpaired) electrons. The molecule has 0 saturated heterocycles. The average molecular weight is 599 g/mol. The van der Waals surface area contributed by atoms with Gasteiger partial charge >= 0.3 is 25.8 Å². The Morgan fingerprint density at radius 1 is 1.02 bits per heavy atom. The van der Waals surface area contributed by atoms with Crippen molar-refractivity contribution in [1.82, 2.24) is 9.34 Å². The smallest absolute Gasteiger partial charge is 0.485 e. The van der Waals surface area contributed by atoms with Crippen LogP contribution in [0.4, 0.5) is 4.79 Å². The predicted octanol–water partition coefficient (Wildman–Crippen LogP) is 3.82. The molecule has 0 amide bonds. The molecule has 0 N–H and O–H groups in total. The van der Waals surface area contributed by atoms with Gasteiger partial charge < -0.3 is 33.0 Å². The highest BCUT2D eigenvalue weighted by Gasteiger charge is 2.48. The Balaban J connectivity index is 2.49. The van der Waals surface area contributed by atoms with E-state index in [2.05, 4.69) is 0 Å². The van der Waals surface area contributed by atoms with Gasteiger partial charge in [-0.25, -0.2) is 23.5 Å². The lowest BCUT2D eigenvalue weighted by atomic mass is 10.1. The summed E-state index contributed by atoms with van der Waals surface area (Å²) in [7, 11) is 2.28. The summed E-state index contributed by atoms with van der Waals surface area (Å²) in [6.45, 7) is 5.59. The number of esters is 2. The normalized spacial score (nSPS) is 16.3. The van der Waals surface area contributed by atoms with Crippen molar-refractivity contribution in [2.45, 2.75) is 65.0 Å². The summed E-state index contributed by atoms with van der Waals surface area (Å²) >= 11 is 0. The molecule has 2 unspecified atom stereocenters. The van der Waals surface area contributed by atoms with E-state index in [-0.39, 0.29) is 31.0 Å². The minimum absolute atomic E-state index is 0.0392. The number of nitrogens with zero attached hydrogens (tertiary/aromatic N) is 2. The van der Waals surface area contributed by atoms with Crippen LogP contribution in [0.25, 0.3) is 0 Å². The standard InChI is InChI=1S/C27H39N2O11P/c1-18(30)14-15-21(31)35-17-20(37-26(33)39-27(2,3)4)22-23(36-16-19-12-10-9-11-13-19)24(25(32)38-22)40-41(34,28(5)6)29(7)8/h9-13,20,22H,14-17H2,1-8H3. The largest absolute Gasteiger partial charge is 0.509 e. The van der Waals surface area contributed by atoms with Crippen molar-refractivity contribution >= 4 is 31.5 Å². The fourth-order valence-electron chi connectivity index (χ4n) is 3.41. The summed E-state index contributed by atoms with van der Waals surface area (Å²) in [6.07, 6.45) is -4.26. The molecule has 1 aromatic rings. The van der Waals surface area contributed by atoms with Gasteiger partial charge in [-0.05, 0) is 61.4 Å². The maximum Gasteiger partial charge on any atom is 0.509 e. The third-order valence-electron chi connectivity index (χ3n) is 5.42. The molecule has 0 bridgehead atoms. The highest BCUT2D eigenvalue weighted by Crippen LogP contribution is 2.54. The van der Waals surface area contributed by atoms with E-state index in [9.17, 15) is 23.7 Å². The van der Waals surface area contributed by atoms with E-state index < -0.39 is 55.9 Å². The number of carbonyl (C=O) groups excluding carboxylic acids is 4. The molecular formula is C27H39N2O11P. The van der Waals surface area contributed by atoms with Crippen LogP contribution in [0.3, 0.4) is 0 Å². The molecule has 2 rings (SSSR count). The second-order valence-corrected chi connectivity index (χ2v) is 13.3. The van der Waals surface area contributed by atoms with Crippen molar-refractivity contribution in [2.24, 2.45) is 0 Å². The summed E-state index contributed by atoms with van der Waals surface area (Å²) in [4.78, 5) is 49.3. The Hall–Kier alpha value is -3.41. The summed E-state index contributed by atoms with van der Waals surface area (Å²) in [5.74, 6) is -2.67. The van der Waals surface area contributed by atoms with Crippen LogP contribution in [-0.4, -0.2) is 85.8 Å². The molecule has 0 spiro atoms. The van der Waals surface area contributed by atoms with Crippen LogP contribution in [0.15, 0.2) is 41.9 Å². The molecule has 1 heterocycles. The van der Waals surface area contributed by atoms with Crippen LogP contribution in [-0.2, 0) is 53.8 Å². The highest BCUT2D eigenvalue weighted by atomic mass is 31.2. The van der Waals surface area contributed by atoms with E-state index in [1.807, 2.05) is 6.07 Å². The lowest BCUT2D eigenvalue weighted by Crippen LogP contribution is -2.40. The van der Waals surface area contributed by atoms with Gasteiger partial charge in [0.1, 0.15) is 24.6 Å². The third kappa shape index (κ3) is 10.2. The average Bonchev–Trinajstić information content (AvgIpc) is 3.17. The van der Waals surface area contributed by atoms with Crippen LogP contribution < -0.4 is 0 Å². The van der Waals surface area contributed by atoms with Gasteiger partial charge in [-0.3, -0.25) is 4.79 Å². The number of hydrogen-bond donors (Lipinski definition) is 0. The lowest BCUT2D eigenvalue weighted by molar-refractivity contribution is -0.158. The quantitative estimate of drug-likeness (QED) is 0.174. The van der Waals surface area contributed by atoms with Crippen molar-refractivity contribution < 1.29 is 52.0 Å². The van der Waals surface area contributed by atoms with Crippen LogP contribution in [0, 0.1) is 0 Å². The highest BCUT2D eigenvalue weighted by molar-refractivity contribution is 7.54. The van der Waals surface area contributed by atoms with Crippen LogP contribution >= 0.6 is 7.67 Å². The maximum absolute atomic E-state index is 13.6. The number of carbonyl (C=O) groups is 4. The molecule has 0 aromatic heterocycles. The van der Waals surface area contributed by atoms with Crippen molar-refractivity contribution in [3.05, 3.63) is 47.4 Å². The van der Waals surface area contributed by atoms with Gasteiger partial charge in [0.15, 0.2) is 11.9 Å². The fourth-order valence-corrected chi connectivity index (χ4v) is 4.85. The van der Waals surface area contributed by atoms with E-state index in [1.165, 1.54) is 44.5 Å². The van der Waals surface area contributed by atoms with Gasteiger partial charge in [0.2, 0.25) is 6.10 Å². The molecule has 13 nitrogen and oxygen atoms in total. The molecule has 0 saturated carbocycles. The van der Waals surface area contributed by atoms with Gasteiger partial charge in [-0.15, -0.1) is 0 Å². The van der Waals surface area contributed by atoms with Crippen LogP contribution in [0.5, 0.6) is 0 Å². The number of cyclic esters (lactones) is 1. The van der Waals surface area contributed by atoms with Crippen LogP contribution in [0.1, 0.15) is 46.1 Å². The number of Topliss-reactive ketones (excluding diaryl/α,β-unsaturated/α-hetero) is 1. The first-order valence-corrected chi connectivity index (χ1v) is 14.4. The minimum Gasteiger partial charge on any atom is -0.485 e. The summed E-state index contributed by atoms with van der Waals surface area (Å²) in [5.41, 5.74) is -0.200. The number of rotatable bonds is 14. The van der Waals surface area contributed by atoms with Crippen LogP contribution in [0.2, 0.25) is 0 Å². The second-order valence-electron chi connectivity index (χ2n) is 10.6. The molecule has 0 fully saturated rings. The monoisotopic (exact) mass is 598 g/mol. The Bertz CT molecular complexity index is 1160. The Morgan fingerprint density at radius 3 is 2.17 bits per heavy atom. The molecule has 1 aliphatic rings. The van der Waals surface area contributed by atoms with E-state index >= 15 is 0 Å². The Labute approximate surface area is 240 Å². The van der Waals surface area contributed by atoms with Gasteiger partial charge in [0.05, 0.1) is 6.42 Å². The fraction of sp³-hybridized carbons (Fsp3) is 0.556. The SMILES string of the molecule is CC(=O)CCC(=O)OCC(OC(=O)OC(C)(C)C)C1OC(=O)C(OP(=O)(N(C)C)N(C)C)=C1OCc1ccccc1. The molecule has 1 aromatic carbocycles. The van der Waals surface area contributed by atoms with Crippen molar-refractivity contribution in [3.63, 3.8) is 0 Å². The molecule has 1 aliphatic heterocycles. The summed E-state index contributed by atoms with van der Waals surface area (Å²) < 4.78 is 49.4. The Kier molecular flexibility index (Phi) is 11.9. The molecule has 41 heavy (non-hydrogen) atoms. The van der Waals surface area contributed by atoms with E-state index in [0.29, 0.717) is 0 Å². The third-order valence-corrected chi connectivity index (χ3v) is 7.87. The minimum atomic E-state index is -3.77. The molecule has 0 aliphatic carbocycles. The van der Waals surface area contributed by atoms with E-state index in [4.69, 9.17) is 28.2 Å². The first kappa shape index (κ1) is 33.8. The zero-order valence-electron chi connectivity index (χ0n) is 24.7. The van der Waals surface area contributed by atoms with Crippen molar-refractivity contribution in [3.8, 4) is 0 Å². The summed E-state index contributed by atoms with van der Waals surface area (Å²) in [6, 6.07) is 8.96. The topological polar surface area (TPSA) is 147 Å². The second kappa shape index (κ2) is 14.5. The zero-order chi connectivity index (χ0) is 31.0. The Morgan fingerprint density at radius 2 is 1.63 bits per heavy atom. The van der Waals surface area contributed by atoms with E-state index in [0.717, 1.165) is 5.56 Å². The van der Waals surface area contributed by atoms with Gasteiger partial charge in [0, 0.05) is 6.42 Å². The first-order valence-electron chi connectivity index (χ1n) is 12.8. The van der Waals surface area contributed by atoms with Gasteiger partial charge in [0.25, 0.3) is 5.76 Å². The summed E-state index contributed by atoms with van der Waals surface area (Å²) in [5, 5.41) is 0. The number of ether oxygens (including phenoxy) is 5. The number of ketones is 1.